The Morgan fingerprint density at radius 2 is 2.10 bits per heavy atom. The predicted octanol–water partition coefficient (Wildman–Crippen LogP) is 2.70. The van der Waals surface area contributed by atoms with Crippen LogP contribution in [0.4, 0.5) is 0 Å². The molecule has 2 aromatic rings. The number of hydrogen-bond acceptors (Lipinski definition) is 5. The van der Waals surface area contributed by atoms with Gasteiger partial charge < -0.3 is 4.74 Å². The summed E-state index contributed by atoms with van der Waals surface area (Å²) in [6, 6.07) is 2.38. The minimum absolute atomic E-state index is 0. The Morgan fingerprint density at radius 3 is 2.71 bits per heavy atom. The highest BCUT2D eigenvalue weighted by Gasteiger charge is 2.24. The van der Waals surface area contributed by atoms with E-state index < -0.39 is 0 Å². The summed E-state index contributed by atoms with van der Waals surface area (Å²) in [7, 11) is 2.10. The summed E-state index contributed by atoms with van der Waals surface area (Å²) in [6.07, 6.45) is 7.72. The highest BCUT2D eigenvalue weighted by atomic mass is 35.5. The Kier molecular flexibility index (Phi) is 5.33. The van der Waals surface area contributed by atoms with Crippen LogP contribution in [0.5, 0.6) is 5.75 Å². The normalized spacial score (nSPS) is 17.7. The van der Waals surface area contributed by atoms with Crippen LogP contribution in [0.25, 0.3) is 11.1 Å². The van der Waals surface area contributed by atoms with Crippen molar-refractivity contribution in [2.75, 3.05) is 20.2 Å². The van der Waals surface area contributed by atoms with E-state index in [9.17, 15) is 0 Å². The fraction of sp³-hybridized carbons (Fsp3) is 0.357. The second kappa shape index (κ2) is 7.02. The number of aromatic nitrogens is 3. The van der Waals surface area contributed by atoms with Crippen molar-refractivity contribution < 1.29 is 4.74 Å². The topological polar surface area (TPSA) is 51.1 Å². The molecule has 0 N–H and O–H groups in total. The first-order valence-corrected chi connectivity index (χ1v) is 6.86. The number of pyridine rings is 1. The lowest BCUT2D eigenvalue weighted by Gasteiger charge is -2.37. The maximum absolute atomic E-state index is 6.12. The van der Waals surface area contributed by atoms with E-state index in [1.165, 1.54) is 12.7 Å². The van der Waals surface area contributed by atoms with Crippen LogP contribution in [0, 0.1) is 0 Å². The molecule has 112 valence electrons. The third kappa shape index (κ3) is 3.61. The van der Waals surface area contributed by atoms with Crippen LogP contribution >= 0.6 is 24.0 Å². The molecular formula is C14H16Cl2N4O. The standard InChI is InChI=1S/C14H15ClN4O.ClH/c1-19-3-2-11(19)8-20-12-4-13(14(15)18-7-12)10-5-16-9-17-6-10;/h4-7,9,11H,2-3,8H2,1H3;1H/t11-;/m0./s1. The molecule has 1 atom stereocenters. The van der Waals surface area contributed by atoms with Crippen molar-refractivity contribution in [2.24, 2.45) is 0 Å². The molecule has 3 heterocycles. The molecule has 1 fully saturated rings. The molecule has 0 radical (unpaired) electrons. The first kappa shape index (κ1) is 15.9. The van der Waals surface area contributed by atoms with E-state index in [0.29, 0.717) is 23.6 Å². The number of nitrogens with zero attached hydrogens (tertiary/aromatic N) is 4. The Balaban J connectivity index is 0.00000161. The Hall–Kier alpha value is -1.43. The second-order valence-corrected chi connectivity index (χ2v) is 5.23. The molecule has 0 amide bonds. The smallest absolute Gasteiger partial charge is 0.138 e. The molecular weight excluding hydrogens is 311 g/mol. The van der Waals surface area contributed by atoms with Gasteiger partial charge in [-0.2, -0.15) is 0 Å². The molecule has 21 heavy (non-hydrogen) atoms. The summed E-state index contributed by atoms with van der Waals surface area (Å²) in [5, 5.41) is 0.424. The van der Waals surface area contributed by atoms with Gasteiger partial charge in [0.1, 0.15) is 23.8 Å². The lowest BCUT2D eigenvalue weighted by molar-refractivity contribution is 0.0768. The number of rotatable bonds is 4. The molecule has 1 aliphatic heterocycles. The maximum Gasteiger partial charge on any atom is 0.138 e. The van der Waals surface area contributed by atoms with Gasteiger partial charge >= 0.3 is 0 Å². The first-order chi connectivity index (χ1) is 9.74. The van der Waals surface area contributed by atoms with Gasteiger partial charge in [0, 0.05) is 29.6 Å². The molecule has 3 rings (SSSR count). The fourth-order valence-electron chi connectivity index (χ4n) is 2.12. The van der Waals surface area contributed by atoms with Crippen molar-refractivity contribution in [3.8, 4) is 16.9 Å². The predicted molar refractivity (Wildman–Crippen MR) is 84.1 cm³/mol. The monoisotopic (exact) mass is 326 g/mol. The largest absolute Gasteiger partial charge is 0.490 e. The maximum atomic E-state index is 6.12. The molecule has 0 aromatic carbocycles. The fourth-order valence-corrected chi connectivity index (χ4v) is 2.33. The molecule has 0 saturated carbocycles. The zero-order valence-electron chi connectivity index (χ0n) is 11.6. The van der Waals surface area contributed by atoms with Gasteiger partial charge in [0.25, 0.3) is 0 Å². The van der Waals surface area contributed by atoms with E-state index in [2.05, 4.69) is 26.9 Å². The number of hydrogen-bond donors (Lipinski definition) is 0. The molecule has 1 aliphatic rings. The second-order valence-electron chi connectivity index (χ2n) is 4.87. The van der Waals surface area contributed by atoms with Crippen LogP contribution in [0.15, 0.2) is 31.0 Å². The molecule has 2 aromatic heterocycles. The van der Waals surface area contributed by atoms with E-state index in [1.807, 2.05) is 6.07 Å². The van der Waals surface area contributed by atoms with Gasteiger partial charge in [-0.15, -0.1) is 12.4 Å². The van der Waals surface area contributed by atoms with Crippen LogP contribution in [0.1, 0.15) is 6.42 Å². The Labute approximate surface area is 134 Å². The third-order valence-electron chi connectivity index (χ3n) is 3.57. The molecule has 0 unspecified atom stereocenters. The van der Waals surface area contributed by atoms with Crippen LogP contribution in [0.3, 0.4) is 0 Å². The van der Waals surface area contributed by atoms with Crippen LogP contribution in [0.2, 0.25) is 5.15 Å². The number of ether oxygens (including phenoxy) is 1. The minimum atomic E-state index is 0. The summed E-state index contributed by atoms with van der Waals surface area (Å²) >= 11 is 6.12. The molecule has 1 saturated heterocycles. The summed E-state index contributed by atoms with van der Waals surface area (Å²) in [5.41, 5.74) is 1.61. The van der Waals surface area contributed by atoms with E-state index in [-0.39, 0.29) is 12.4 Å². The van der Waals surface area contributed by atoms with E-state index in [0.717, 1.165) is 17.7 Å². The molecule has 7 heteroatoms. The summed E-state index contributed by atoms with van der Waals surface area (Å²) in [4.78, 5) is 14.4. The Bertz CT molecular complexity index is 597. The summed E-state index contributed by atoms with van der Waals surface area (Å²) < 4.78 is 5.79. The molecule has 0 spiro atoms. The molecule has 5 nitrogen and oxygen atoms in total. The van der Waals surface area contributed by atoms with Gasteiger partial charge in [-0.25, -0.2) is 15.0 Å². The summed E-state index contributed by atoms with van der Waals surface area (Å²) in [5.74, 6) is 0.716. The van der Waals surface area contributed by atoms with Crippen LogP contribution in [-0.4, -0.2) is 46.1 Å². The van der Waals surface area contributed by atoms with Crippen molar-refractivity contribution >= 4 is 24.0 Å². The lowest BCUT2D eigenvalue weighted by Crippen LogP contribution is -2.48. The van der Waals surface area contributed by atoms with Crippen molar-refractivity contribution in [3.05, 3.63) is 36.1 Å². The summed E-state index contributed by atoms with van der Waals surface area (Å²) in [6.45, 7) is 1.81. The van der Waals surface area contributed by atoms with Gasteiger partial charge in [-0.1, -0.05) is 11.6 Å². The van der Waals surface area contributed by atoms with E-state index in [1.54, 1.807) is 18.6 Å². The average Bonchev–Trinajstić information content (AvgIpc) is 2.48. The average molecular weight is 327 g/mol. The molecule has 0 bridgehead atoms. The number of halogens is 2. The van der Waals surface area contributed by atoms with Crippen LogP contribution < -0.4 is 4.74 Å². The Morgan fingerprint density at radius 1 is 1.33 bits per heavy atom. The molecule has 0 aliphatic carbocycles. The van der Waals surface area contributed by atoms with E-state index >= 15 is 0 Å². The lowest BCUT2D eigenvalue weighted by atomic mass is 10.1. The third-order valence-corrected chi connectivity index (χ3v) is 3.87. The quantitative estimate of drug-likeness (QED) is 0.808. The highest BCUT2D eigenvalue weighted by molar-refractivity contribution is 6.32. The minimum Gasteiger partial charge on any atom is -0.490 e. The van der Waals surface area contributed by atoms with Crippen molar-refractivity contribution in [1.29, 1.82) is 0 Å². The van der Waals surface area contributed by atoms with Crippen molar-refractivity contribution in [3.63, 3.8) is 0 Å². The van der Waals surface area contributed by atoms with Gasteiger partial charge in [0.2, 0.25) is 0 Å². The van der Waals surface area contributed by atoms with Crippen molar-refractivity contribution in [2.45, 2.75) is 12.5 Å². The number of likely N-dealkylation sites (tertiary alicyclic amines) is 1. The number of likely N-dealkylation sites (N-methyl/N-ethyl adjacent to an activating group) is 1. The zero-order chi connectivity index (χ0) is 13.9. The first-order valence-electron chi connectivity index (χ1n) is 6.48. The van der Waals surface area contributed by atoms with Gasteiger partial charge in [-0.3, -0.25) is 4.90 Å². The SMILES string of the molecule is CN1CC[C@H]1COc1cnc(Cl)c(-c2cncnc2)c1.Cl. The van der Waals surface area contributed by atoms with Gasteiger partial charge in [0.15, 0.2) is 0 Å². The van der Waals surface area contributed by atoms with Crippen LogP contribution in [-0.2, 0) is 0 Å². The van der Waals surface area contributed by atoms with Crippen molar-refractivity contribution in [1.82, 2.24) is 19.9 Å². The van der Waals surface area contributed by atoms with Gasteiger partial charge in [-0.05, 0) is 26.1 Å². The van der Waals surface area contributed by atoms with Gasteiger partial charge in [0.05, 0.1) is 6.20 Å². The zero-order valence-corrected chi connectivity index (χ0v) is 13.1. The van der Waals surface area contributed by atoms with E-state index in [4.69, 9.17) is 16.3 Å². The highest BCUT2D eigenvalue weighted by Crippen LogP contribution is 2.29.